The number of imidazole rings is 1. The molecular weight excluding hydrogens is 530 g/mol. The zero-order chi connectivity index (χ0) is 27.2. The van der Waals surface area contributed by atoms with Gasteiger partial charge in [-0.25, -0.2) is 27.1 Å². The topological polar surface area (TPSA) is 123 Å². The fraction of sp³-hybridized carbons (Fsp3) is 0.545. The van der Waals surface area contributed by atoms with E-state index in [-0.39, 0.29) is 28.1 Å². The zero-order valence-corrected chi connectivity index (χ0v) is 22.6. The number of piperazine rings is 1. The molecule has 1 unspecified atom stereocenters. The molecule has 2 atom stereocenters. The molecule has 3 heterocycles. The van der Waals surface area contributed by atoms with Crippen molar-refractivity contribution < 1.29 is 27.1 Å². The first kappa shape index (κ1) is 27.1. The molecule has 1 aliphatic heterocycles. The van der Waals surface area contributed by atoms with Crippen LogP contribution in [0.3, 0.4) is 0 Å². The fourth-order valence-corrected chi connectivity index (χ4v) is 5.47. The average Bonchev–Trinajstić information content (AvgIpc) is 3.39. The van der Waals surface area contributed by atoms with E-state index in [4.69, 9.17) is 4.74 Å². The quantitative estimate of drug-likeness (QED) is 0.471. The lowest BCUT2D eigenvalue weighted by Gasteiger charge is -2.41. The number of carbonyl (C=O) groups is 1. The number of carbonyl (C=O) groups excluding carboxylic acids is 1. The number of benzene rings is 1. The molecule has 0 saturated carbocycles. The predicted molar refractivity (Wildman–Crippen MR) is 135 cm³/mol. The Bertz CT molecular complexity index is 1410. The van der Waals surface area contributed by atoms with E-state index in [1.54, 1.807) is 32.6 Å². The van der Waals surface area contributed by atoms with E-state index in [0.29, 0.717) is 42.2 Å². The molecule has 0 spiro atoms. The molecule has 1 N–H and O–H groups in total. The smallest absolute Gasteiger partial charge is 0.410 e. The molecule has 1 amide bonds. The van der Waals surface area contributed by atoms with E-state index >= 15 is 0 Å². The molecule has 2 aromatic heterocycles. The van der Waals surface area contributed by atoms with Crippen LogP contribution in [0, 0.1) is 0 Å². The van der Waals surface area contributed by atoms with Crippen molar-refractivity contribution >= 4 is 45.2 Å². The van der Waals surface area contributed by atoms with Gasteiger partial charge in [0.25, 0.3) is 6.43 Å². The van der Waals surface area contributed by atoms with Gasteiger partial charge in [-0.05, 0) is 46.8 Å². The summed E-state index contributed by atoms with van der Waals surface area (Å²) in [5.41, 5.74) is 0.0579. The molecule has 3 aromatic rings. The number of aryl methyl sites for hydroxylation is 1. The largest absolute Gasteiger partial charge is 0.444 e. The Kier molecular flexibility index (Phi) is 7.41. The number of nitrogens with zero attached hydrogens (tertiary/aromatic N) is 6. The number of rotatable bonds is 5. The fourth-order valence-electron chi connectivity index (χ4n) is 4.34. The molecule has 0 radical (unpaired) electrons. The SMILES string of the molecule is CCn1c(=O)n(-c2nnc(C(F)F)s2)c2cc(S(=O)O)cc(N3CCN(C(=O)OC(C)(C)C)[C@@H](C)C3)c21. The number of aromatic nitrogens is 4. The first-order valence-corrected chi connectivity index (χ1v) is 13.5. The Labute approximate surface area is 217 Å². The summed E-state index contributed by atoms with van der Waals surface area (Å²) >= 11 is -1.81. The van der Waals surface area contributed by atoms with Gasteiger partial charge < -0.3 is 19.1 Å². The van der Waals surface area contributed by atoms with Gasteiger partial charge in [-0.1, -0.05) is 11.3 Å². The zero-order valence-electron chi connectivity index (χ0n) is 21.0. The number of amides is 1. The normalized spacial score (nSPS) is 17.6. The van der Waals surface area contributed by atoms with Crippen molar-refractivity contribution in [1.82, 2.24) is 24.2 Å². The van der Waals surface area contributed by atoms with Crippen LogP contribution in [-0.2, 0) is 22.4 Å². The summed E-state index contributed by atoms with van der Waals surface area (Å²) in [5.74, 6) is 0. The van der Waals surface area contributed by atoms with E-state index in [1.807, 2.05) is 11.8 Å². The highest BCUT2D eigenvalue weighted by molar-refractivity contribution is 7.79. The number of hydrogen-bond donors (Lipinski definition) is 1. The third-order valence-electron chi connectivity index (χ3n) is 5.90. The van der Waals surface area contributed by atoms with Crippen LogP contribution < -0.4 is 10.6 Å². The summed E-state index contributed by atoms with van der Waals surface area (Å²) in [4.78, 5) is 29.7. The van der Waals surface area contributed by atoms with Crippen LogP contribution >= 0.6 is 11.3 Å². The summed E-state index contributed by atoms with van der Waals surface area (Å²) < 4.78 is 56.5. The van der Waals surface area contributed by atoms with Crippen molar-refractivity contribution in [3.8, 4) is 5.13 Å². The highest BCUT2D eigenvalue weighted by atomic mass is 32.2. The van der Waals surface area contributed by atoms with Crippen molar-refractivity contribution in [2.45, 2.75) is 64.1 Å². The van der Waals surface area contributed by atoms with E-state index < -0.39 is 39.9 Å². The summed E-state index contributed by atoms with van der Waals surface area (Å²) in [6.45, 7) is 10.3. The average molecular weight is 559 g/mol. The van der Waals surface area contributed by atoms with E-state index in [0.717, 1.165) is 4.57 Å². The maximum Gasteiger partial charge on any atom is 0.410 e. The molecule has 37 heavy (non-hydrogen) atoms. The Morgan fingerprint density at radius 3 is 2.54 bits per heavy atom. The van der Waals surface area contributed by atoms with Crippen molar-refractivity contribution in [1.29, 1.82) is 0 Å². The number of fused-ring (bicyclic) bond motifs is 1. The van der Waals surface area contributed by atoms with Crippen LogP contribution in [0.5, 0.6) is 0 Å². The second kappa shape index (κ2) is 10.1. The van der Waals surface area contributed by atoms with Gasteiger partial charge in [-0.15, -0.1) is 10.2 Å². The van der Waals surface area contributed by atoms with Gasteiger partial charge in [0.15, 0.2) is 16.1 Å². The summed E-state index contributed by atoms with van der Waals surface area (Å²) in [7, 11) is 0. The second-order valence-electron chi connectivity index (χ2n) is 9.61. The highest BCUT2D eigenvalue weighted by Gasteiger charge is 2.33. The molecule has 1 fully saturated rings. The summed E-state index contributed by atoms with van der Waals surface area (Å²) in [6.07, 6.45) is -3.28. The number of alkyl halides is 2. The molecule has 1 saturated heterocycles. The number of anilines is 1. The van der Waals surface area contributed by atoms with Crippen molar-refractivity contribution in [3.05, 3.63) is 27.6 Å². The summed E-state index contributed by atoms with van der Waals surface area (Å²) in [6, 6.07) is 2.66. The van der Waals surface area contributed by atoms with Crippen LogP contribution in [0.4, 0.5) is 19.3 Å². The Hall–Kier alpha value is -2.91. The van der Waals surface area contributed by atoms with Gasteiger partial charge in [-0.2, -0.15) is 0 Å². The lowest BCUT2D eigenvalue weighted by atomic mass is 10.1. The van der Waals surface area contributed by atoms with Crippen molar-refractivity contribution in [2.24, 2.45) is 0 Å². The third-order valence-corrected chi connectivity index (χ3v) is 7.45. The lowest BCUT2D eigenvalue weighted by Crippen LogP contribution is -2.55. The van der Waals surface area contributed by atoms with Gasteiger partial charge >= 0.3 is 11.8 Å². The van der Waals surface area contributed by atoms with Crippen LogP contribution in [0.1, 0.15) is 46.1 Å². The Balaban J connectivity index is 1.82. The minimum Gasteiger partial charge on any atom is -0.444 e. The van der Waals surface area contributed by atoms with E-state index in [1.165, 1.54) is 16.7 Å². The number of halogens is 2. The molecule has 15 heteroatoms. The molecule has 1 aliphatic rings. The number of ether oxygens (including phenoxy) is 1. The van der Waals surface area contributed by atoms with Crippen LogP contribution in [0.25, 0.3) is 16.2 Å². The standard InChI is InChI=1S/C22H28F2N6O5S2/c1-6-28-16-14(27-7-8-29(12(2)11-27)21(32)35-22(3,4)5)9-13(37(33)34)10-15(16)30(20(28)31)19-26-25-18(36-19)17(23)24/h9-10,12,17H,6-8,11H2,1-5H3,(H,33,34)/t12-/m0/s1. The number of hydrogen-bond acceptors (Lipinski definition) is 8. The van der Waals surface area contributed by atoms with Gasteiger partial charge in [-0.3, -0.25) is 4.57 Å². The predicted octanol–water partition coefficient (Wildman–Crippen LogP) is 3.63. The molecule has 4 rings (SSSR count). The maximum absolute atomic E-state index is 13.4. The molecule has 202 valence electrons. The molecular formula is C22H28F2N6O5S2. The van der Waals surface area contributed by atoms with Gasteiger partial charge in [0.2, 0.25) is 5.13 Å². The minimum atomic E-state index is -2.85. The minimum absolute atomic E-state index is 0.0327. The highest BCUT2D eigenvalue weighted by Crippen LogP contribution is 2.34. The second-order valence-corrected chi connectivity index (χ2v) is 11.6. The third kappa shape index (κ3) is 5.25. The Morgan fingerprint density at radius 1 is 1.30 bits per heavy atom. The van der Waals surface area contributed by atoms with Crippen molar-refractivity contribution in [2.75, 3.05) is 24.5 Å². The monoisotopic (exact) mass is 558 g/mol. The van der Waals surface area contributed by atoms with E-state index in [2.05, 4.69) is 10.2 Å². The lowest BCUT2D eigenvalue weighted by molar-refractivity contribution is 0.0159. The molecule has 11 nitrogen and oxygen atoms in total. The van der Waals surface area contributed by atoms with Crippen LogP contribution in [0.2, 0.25) is 0 Å². The van der Waals surface area contributed by atoms with E-state index in [9.17, 15) is 27.1 Å². The molecule has 1 aromatic carbocycles. The maximum atomic E-state index is 13.4. The first-order valence-electron chi connectivity index (χ1n) is 11.6. The van der Waals surface area contributed by atoms with Gasteiger partial charge in [0.05, 0.1) is 21.6 Å². The van der Waals surface area contributed by atoms with Crippen LogP contribution in [-0.4, -0.2) is 70.4 Å². The summed E-state index contributed by atoms with van der Waals surface area (Å²) in [5, 5.41) is 6.67. The van der Waals surface area contributed by atoms with Gasteiger partial charge in [0, 0.05) is 32.2 Å². The molecule has 0 aliphatic carbocycles. The van der Waals surface area contributed by atoms with Crippen molar-refractivity contribution in [3.63, 3.8) is 0 Å². The first-order chi connectivity index (χ1) is 17.3. The van der Waals surface area contributed by atoms with Crippen LogP contribution in [0.15, 0.2) is 21.8 Å². The Morgan fingerprint density at radius 2 is 2.00 bits per heavy atom. The molecule has 0 bridgehead atoms. The van der Waals surface area contributed by atoms with Gasteiger partial charge in [0.1, 0.15) is 5.60 Å².